The molecule has 1 saturated heterocycles. The van der Waals surface area contributed by atoms with Gasteiger partial charge in [0.15, 0.2) is 0 Å². The minimum absolute atomic E-state index is 0.0908. The molecule has 3 aromatic rings. The number of nitrogens with zero attached hydrogens (tertiary/aromatic N) is 5. The molecule has 38 heavy (non-hydrogen) atoms. The molecule has 3 heterocycles. The normalized spacial score (nSPS) is 17.7. The minimum atomic E-state index is -1.02. The molecular formula is C28H33FN6O3. The molecule has 1 aromatic carbocycles. The minimum Gasteiger partial charge on any atom is -0.384 e. The molecule has 200 valence electrons. The van der Waals surface area contributed by atoms with Gasteiger partial charge in [-0.25, -0.2) is 14.4 Å². The van der Waals surface area contributed by atoms with Crippen LogP contribution in [0.15, 0.2) is 42.9 Å². The van der Waals surface area contributed by atoms with E-state index in [-0.39, 0.29) is 18.7 Å². The van der Waals surface area contributed by atoms with E-state index in [0.29, 0.717) is 29.3 Å². The van der Waals surface area contributed by atoms with Crippen LogP contribution in [0.4, 0.5) is 16.2 Å². The van der Waals surface area contributed by atoms with Crippen LogP contribution >= 0.6 is 0 Å². The number of β-lactam (4-membered cyclic amide) rings is 1. The molecule has 0 spiro atoms. The van der Waals surface area contributed by atoms with Crippen LogP contribution in [0.5, 0.6) is 0 Å². The fraction of sp³-hybridized carbons (Fsp3) is 0.393. The van der Waals surface area contributed by atoms with Crippen molar-refractivity contribution in [1.29, 1.82) is 0 Å². The molecule has 0 radical (unpaired) electrons. The van der Waals surface area contributed by atoms with Gasteiger partial charge in [-0.1, -0.05) is 19.1 Å². The van der Waals surface area contributed by atoms with Crippen LogP contribution in [-0.2, 0) is 27.9 Å². The lowest BCUT2D eigenvalue weighted by Crippen LogP contribution is -2.69. The van der Waals surface area contributed by atoms with Crippen LogP contribution in [0.2, 0.25) is 0 Å². The summed E-state index contributed by atoms with van der Waals surface area (Å²) in [5.41, 5.74) is 8.35. The quantitative estimate of drug-likeness (QED) is 0.456. The Morgan fingerprint density at radius 3 is 2.55 bits per heavy atom. The smallest absolute Gasteiger partial charge is 0.253 e. The maximum Gasteiger partial charge on any atom is 0.253 e. The number of imide groups is 1. The highest BCUT2D eigenvalue weighted by Gasteiger charge is 2.55. The summed E-state index contributed by atoms with van der Waals surface area (Å²) in [7, 11) is 3.32. The number of aryl methyl sites for hydroxylation is 2. The van der Waals surface area contributed by atoms with E-state index in [1.54, 1.807) is 56.2 Å². The average Bonchev–Trinajstić information content (AvgIpc) is 3.32. The number of nitrogen functional groups attached to an aromatic ring is 1. The second-order valence-electron chi connectivity index (χ2n) is 9.90. The first-order valence-corrected chi connectivity index (χ1v) is 12.6. The zero-order valence-electron chi connectivity index (χ0n) is 22.3. The molecule has 0 saturated carbocycles. The van der Waals surface area contributed by atoms with Crippen LogP contribution < -0.4 is 10.6 Å². The molecular weight excluding hydrogens is 487 g/mol. The van der Waals surface area contributed by atoms with Crippen molar-refractivity contribution in [3.8, 4) is 0 Å². The predicted molar refractivity (Wildman–Crippen MR) is 142 cm³/mol. The zero-order valence-corrected chi connectivity index (χ0v) is 22.3. The van der Waals surface area contributed by atoms with Gasteiger partial charge in [-0.05, 0) is 67.0 Å². The Morgan fingerprint density at radius 1 is 1.18 bits per heavy atom. The summed E-state index contributed by atoms with van der Waals surface area (Å²) in [6.07, 6.45) is 5.44. The average molecular weight is 521 g/mol. The lowest BCUT2D eigenvalue weighted by molar-refractivity contribution is -0.170. The van der Waals surface area contributed by atoms with E-state index < -0.39 is 35.6 Å². The van der Waals surface area contributed by atoms with Crippen molar-refractivity contribution >= 4 is 29.5 Å². The van der Waals surface area contributed by atoms with Crippen LogP contribution in [0, 0.1) is 25.6 Å². The number of carbonyl (C=O) groups is 3. The summed E-state index contributed by atoms with van der Waals surface area (Å²) in [5, 5.41) is 0. The van der Waals surface area contributed by atoms with E-state index >= 15 is 4.39 Å². The first-order chi connectivity index (χ1) is 18.0. The Labute approximate surface area is 221 Å². The highest BCUT2D eigenvalue weighted by molar-refractivity contribution is 6.12. The molecule has 0 aliphatic carbocycles. The molecule has 1 fully saturated rings. The number of hydrogen-bond donors (Lipinski definition) is 1. The fourth-order valence-corrected chi connectivity index (χ4v) is 5.06. The standard InChI is InChI=1S/C28H33FN6O3/c1-6-19(20-8-7-16(2)17(3)24(20)29)15-23(36)35-25(27(38)34(5)28-32-11-12-33(28)4)21(26(35)37)13-18-9-10-31-22(30)14-18/h7-12,14,19,21,25H,6,13,15H2,1-5H3,(H2,30,31)/t19-,21+,25-/m0/s1. The molecule has 2 aromatic heterocycles. The van der Waals surface area contributed by atoms with E-state index in [2.05, 4.69) is 9.97 Å². The van der Waals surface area contributed by atoms with E-state index in [9.17, 15) is 14.4 Å². The molecule has 4 rings (SSSR count). The van der Waals surface area contributed by atoms with Crippen molar-refractivity contribution in [3.05, 3.63) is 70.9 Å². The topological polar surface area (TPSA) is 114 Å². The van der Waals surface area contributed by atoms with Gasteiger partial charge in [0.25, 0.3) is 5.91 Å². The van der Waals surface area contributed by atoms with Gasteiger partial charge in [0, 0.05) is 39.1 Å². The Morgan fingerprint density at radius 2 is 1.92 bits per heavy atom. The molecule has 0 unspecified atom stereocenters. The Bertz CT molecular complexity index is 1390. The molecule has 3 amide bonds. The Balaban J connectivity index is 1.63. The third-order valence-corrected chi connectivity index (χ3v) is 7.50. The summed E-state index contributed by atoms with van der Waals surface area (Å²) in [6, 6.07) is 5.89. The fourth-order valence-electron chi connectivity index (χ4n) is 5.06. The summed E-state index contributed by atoms with van der Waals surface area (Å²) >= 11 is 0. The molecule has 3 atom stereocenters. The third-order valence-electron chi connectivity index (χ3n) is 7.50. The number of amides is 3. The second-order valence-corrected chi connectivity index (χ2v) is 9.90. The Kier molecular flexibility index (Phi) is 7.61. The number of halogens is 1. The number of likely N-dealkylation sites (N-methyl/N-ethyl adjacent to an activating group) is 1. The SMILES string of the molecule is CC[C@@H](CC(=O)N1C(=O)[C@H](Cc2ccnc(N)c2)[C@H]1C(=O)N(C)c1nccn1C)c1ccc(C)c(C)c1F. The number of rotatable bonds is 8. The van der Waals surface area contributed by atoms with E-state index in [0.717, 1.165) is 16.0 Å². The maximum atomic E-state index is 15.1. The van der Waals surface area contributed by atoms with Crippen molar-refractivity contribution in [2.75, 3.05) is 17.7 Å². The number of nitrogens with two attached hydrogens (primary N) is 1. The van der Waals surface area contributed by atoms with Gasteiger partial charge in [0.1, 0.15) is 17.7 Å². The molecule has 2 N–H and O–H groups in total. The number of imidazole rings is 1. The van der Waals surface area contributed by atoms with Crippen LogP contribution in [0.3, 0.4) is 0 Å². The maximum absolute atomic E-state index is 15.1. The highest BCUT2D eigenvalue weighted by Crippen LogP contribution is 2.36. The van der Waals surface area contributed by atoms with Gasteiger partial charge >= 0.3 is 0 Å². The molecule has 1 aliphatic rings. The second kappa shape index (κ2) is 10.7. The lowest BCUT2D eigenvalue weighted by atomic mass is 9.80. The summed E-state index contributed by atoms with van der Waals surface area (Å²) < 4.78 is 16.8. The van der Waals surface area contributed by atoms with Gasteiger partial charge in [0.2, 0.25) is 17.8 Å². The number of anilines is 2. The van der Waals surface area contributed by atoms with Gasteiger partial charge < -0.3 is 10.3 Å². The van der Waals surface area contributed by atoms with Gasteiger partial charge in [-0.15, -0.1) is 0 Å². The van der Waals surface area contributed by atoms with Crippen molar-refractivity contribution in [1.82, 2.24) is 19.4 Å². The van der Waals surface area contributed by atoms with Gasteiger partial charge in [-0.2, -0.15) is 0 Å². The largest absolute Gasteiger partial charge is 0.384 e. The van der Waals surface area contributed by atoms with Crippen molar-refractivity contribution < 1.29 is 18.8 Å². The summed E-state index contributed by atoms with van der Waals surface area (Å²) in [6.45, 7) is 5.41. The number of hydrogen-bond acceptors (Lipinski definition) is 6. The van der Waals surface area contributed by atoms with E-state index in [1.165, 1.54) is 11.1 Å². The molecule has 1 aliphatic heterocycles. The lowest BCUT2D eigenvalue weighted by Gasteiger charge is -2.46. The van der Waals surface area contributed by atoms with E-state index in [1.807, 2.05) is 19.9 Å². The van der Waals surface area contributed by atoms with Crippen molar-refractivity contribution in [2.24, 2.45) is 13.0 Å². The first-order valence-electron chi connectivity index (χ1n) is 12.6. The number of benzene rings is 1. The first kappa shape index (κ1) is 27.0. The number of likely N-dealkylation sites (tertiary alicyclic amines) is 1. The van der Waals surface area contributed by atoms with E-state index in [4.69, 9.17) is 5.73 Å². The zero-order chi connectivity index (χ0) is 27.7. The predicted octanol–water partition coefficient (Wildman–Crippen LogP) is 3.30. The molecule has 9 nitrogen and oxygen atoms in total. The summed E-state index contributed by atoms with van der Waals surface area (Å²) in [4.78, 5) is 51.2. The number of pyridine rings is 1. The third kappa shape index (κ3) is 4.90. The van der Waals surface area contributed by atoms with Gasteiger partial charge in [0.05, 0.1) is 5.92 Å². The monoisotopic (exact) mass is 520 g/mol. The number of aromatic nitrogens is 3. The van der Waals surface area contributed by atoms with Crippen molar-refractivity contribution in [3.63, 3.8) is 0 Å². The van der Waals surface area contributed by atoms with Crippen molar-refractivity contribution in [2.45, 2.75) is 52.0 Å². The highest BCUT2D eigenvalue weighted by atomic mass is 19.1. The summed E-state index contributed by atoms with van der Waals surface area (Å²) in [5.74, 6) is -2.21. The Hall–Kier alpha value is -4.08. The van der Waals surface area contributed by atoms with Crippen LogP contribution in [0.25, 0.3) is 0 Å². The number of carbonyl (C=O) groups excluding carboxylic acids is 3. The van der Waals surface area contributed by atoms with Crippen LogP contribution in [-0.4, -0.2) is 50.2 Å². The molecule has 0 bridgehead atoms. The molecule has 10 heteroatoms. The van der Waals surface area contributed by atoms with Crippen LogP contribution in [0.1, 0.15) is 47.9 Å². The van der Waals surface area contributed by atoms with Gasteiger partial charge in [-0.3, -0.25) is 24.2 Å².